The van der Waals surface area contributed by atoms with Gasteiger partial charge in [-0.3, -0.25) is 4.18 Å². The molecule has 7 nitrogen and oxygen atoms in total. The second-order valence-electron chi connectivity index (χ2n) is 8.70. The normalized spacial score (nSPS) is 19.1. The van der Waals surface area contributed by atoms with Crippen LogP contribution in [0.2, 0.25) is 0 Å². The van der Waals surface area contributed by atoms with Crippen molar-refractivity contribution in [3.63, 3.8) is 0 Å². The van der Waals surface area contributed by atoms with E-state index in [2.05, 4.69) is 0 Å². The SMILES string of the molecule is Cc1ccc(S(=O)(=O)OC[C@@]2(COC(=O)c3ccccc3)C[C@H]2COC(=O)c2ccccc2)cc1. The molecule has 0 amide bonds. The van der Waals surface area contributed by atoms with Gasteiger partial charge in [0.05, 0.1) is 35.8 Å². The molecule has 2 atom stereocenters. The van der Waals surface area contributed by atoms with Gasteiger partial charge in [0.2, 0.25) is 0 Å². The third-order valence-electron chi connectivity index (χ3n) is 6.10. The number of carbonyl (C=O) groups excluding carboxylic acids is 2. The van der Waals surface area contributed by atoms with Gasteiger partial charge in [0.25, 0.3) is 10.1 Å². The van der Waals surface area contributed by atoms with Crippen molar-refractivity contribution >= 4 is 22.1 Å². The van der Waals surface area contributed by atoms with Gasteiger partial charge in [0, 0.05) is 11.3 Å². The lowest BCUT2D eigenvalue weighted by molar-refractivity contribution is 0.0276. The zero-order valence-corrected chi connectivity index (χ0v) is 20.1. The minimum absolute atomic E-state index is 0.0484. The molecule has 3 aromatic carbocycles. The van der Waals surface area contributed by atoms with Gasteiger partial charge in [-0.15, -0.1) is 0 Å². The quantitative estimate of drug-likeness (QED) is 0.304. The summed E-state index contributed by atoms with van der Waals surface area (Å²) in [6.45, 7) is 1.67. The zero-order valence-electron chi connectivity index (χ0n) is 19.3. The number of rotatable bonds is 10. The van der Waals surface area contributed by atoms with E-state index in [1.807, 2.05) is 6.92 Å². The maximum Gasteiger partial charge on any atom is 0.338 e. The van der Waals surface area contributed by atoms with E-state index < -0.39 is 27.5 Å². The number of esters is 2. The fourth-order valence-electron chi connectivity index (χ4n) is 3.73. The molecule has 0 heterocycles. The Bertz CT molecular complexity index is 1270. The predicted molar refractivity (Wildman–Crippen MR) is 128 cm³/mol. The molecule has 0 bridgehead atoms. The minimum Gasteiger partial charge on any atom is -0.462 e. The van der Waals surface area contributed by atoms with Gasteiger partial charge in [0.1, 0.15) is 0 Å². The number of hydrogen-bond donors (Lipinski definition) is 0. The number of benzene rings is 3. The van der Waals surface area contributed by atoms with Gasteiger partial charge in [-0.05, 0) is 49.7 Å². The van der Waals surface area contributed by atoms with Crippen molar-refractivity contribution in [1.82, 2.24) is 0 Å². The van der Waals surface area contributed by atoms with Crippen LogP contribution >= 0.6 is 0 Å². The predicted octanol–water partition coefficient (Wildman–Crippen LogP) is 4.42. The summed E-state index contributed by atoms with van der Waals surface area (Å²) in [5.41, 5.74) is 0.964. The molecule has 8 heteroatoms. The molecular weight excluding hydrogens is 468 g/mol. The van der Waals surface area contributed by atoms with Crippen LogP contribution in [-0.2, 0) is 23.8 Å². The monoisotopic (exact) mass is 494 g/mol. The molecule has 182 valence electrons. The Kier molecular flexibility index (Phi) is 7.33. The number of ether oxygens (including phenoxy) is 2. The van der Waals surface area contributed by atoms with E-state index in [0.29, 0.717) is 17.5 Å². The average Bonchev–Trinajstić information content (AvgIpc) is 3.59. The zero-order chi connectivity index (χ0) is 24.9. The van der Waals surface area contributed by atoms with Gasteiger partial charge in [-0.2, -0.15) is 8.42 Å². The summed E-state index contributed by atoms with van der Waals surface area (Å²) in [4.78, 5) is 24.8. The number of aryl methyl sites for hydroxylation is 1. The van der Waals surface area contributed by atoms with Crippen LogP contribution in [0.25, 0.3) is 0 Å². The molecule has 0 spiro atoms. The van der Waals surface area contributed by atoms with E-state index in [4.69, 9.17) is 13.7 Å². The fourth-order valence-corrected chi connectivity index (χ4v) is 4.73. The summed E-state index contributed by atoms with van der Waals surface area (Å²) in [5.74, 6) is -1.20. The highest BCUT2D eigenvalue weighted by Gasteiger charge is 2.56. The Balaban J connectivity index is 1.43. The van der Waals surface area contributed by atoms with Gasteiger partial charge >= 0.3 is 11.9 Å². The fraction of sp³-hybridized carbons (Fsp3) is 0.259. The van der Waals surface area contributed by atoms with Crippen molar-refractivity contribution in [1.29, 1.82) is 0 Å². The van der Waals surface area contributed by atoms with E-state index >= 15 is 0 Å². The van der Waals surface area contributed by atoms with Crippen molar-refractivity contribution in [3.8, 4) is 0 Å². The van der Waals surface area contributed by atoms with Gasteiger partial charge in [0.15, 0.2) is 0 Å². The van der Waals surface area contributed by atoms with Crippen molar-refractivity contribution in [3.05, 3.63) is 102 Å². The lowest BCUT2D eigenvalue weighted by atomic mass is 10.1. The lowest BCUT2D eigenvalue weighted by Gasteiger charge is -2.18. The molecule has 35 heavy (non-hydrogen) atoms. The van der Waals surface area contributed by atoms with Gasteiger partial charge in [-0.1, -0.05) is 54.1 Å². The minimum atomic E-state index is -4.01. The molecule has 0 aromatic heterocycles. The van der Waals surface area contributed by atoms with Crippen LogP contribution in [0.3, 0.4) is 0 Å². The van der Waals surface area contributed by atoms with Crippen LogP contribution in [0.1, 0.15) is 32.7 Å². The molecule has 4 rings (SSSR count). The maximum absolute atomic E-state index is 12.7. The molecule has 1 aliphatic carbocycles. The molecule has 0 N–H and O–H groups in total. The Morgan fingerprint density at radius 2 is 1.34 bits per heavy atom. The van der Waals surface area contributed by atoms with Gasteiger partial charge in [-0.25, -0.2) is 9.59 Å². The van der Waals surface area contributed by atoms with E-state index in [1.165, 1.54) is 12.1 Å². The van der Waals surface area contributed by atoms with Crippen molar-refractivity contribution in [2.75, 3.05) is 19.8 Å². The highest BCUT2D eigenvalue weighted by Crippen LogP contribution is 2.53. The number of hydrogen-bond acceptors (Lipinski definition) is 7. The second-order valence-corrected chi connectivity index (χ2v) is 10.3. The Labute approximate surface area is 204 Å². The lowest BCUT2D eigenvalue weighted by Crippen LogP contribution is -2.26. The third kappa shape index (κ3) is 6.15. The topological polar surface area (TPSA) is 96.0 Å². The van der Waals surface area contributed by atoms with Crippen LogP contribution in [0.4, 0.5) is 0 Å². The van der Waals surface area contributed by atoms with Crippen molar-refractivity contribution in [2.45, 2.75) is 18.2 Å². The van der Waals surface area contributed by atoms with Crippen LogP contribution < -0.4 is 0 Å². The molecule has 0 saturated heterocycles. The third-order valence-corrected chi connectivity index (χ3v) is 7.37. The summed E-state index contributed by atoms with van der Waals surface area (Å²) in [6.07, 6.45) is 0.487. The molecule has 1 fully saturated rings. The van der Waals surface area contributed by atoms with Crippen LogP contribution in [-0.4, -0.2) is 40.2 Å². The first kappa shape index (κ1) is 24.6. The van der Waals surface area contributed by atoms with Crippen LogP contribution in [0.5, 0.6) is 0 Å². The first-order chi connectivity index (χ1) is 16.8. The Morgan fingerprint density at radius 1 is 0.800 bits per heavy atom. The van der Waals surface area contributed by atoms with E-state index in [1.54, 1.807) is 72.8 Å². The summed E-state index contributed by atoms with van der Waals surface area (Å²) in [7, 11) is -4.01. The van der Waals surface area contributed by atoms with E-state index in [0.717, 1.165) is 5.56 Å². The van der Waals surface area contributed by atoms with Crippen molar-refractivity contribution < 1.29 is 31.7 Å². The highest BCUT2D eigenvalue weighted by atomic mass is 32.2. The molecular formula is C27H26O7S. The van der Waals surface area contributed by atoms with Crippen LogP contribution in [0.15, 0.2) is 89.8 Å². The first-order valence-electron chi connectivity index (χ1n) is 11.2. The average molecular weight is 495 g/mol. The first-order valence-corrected chi connectivity index (χ1v) is 12.6. The summed E-state index contributed by atoms with van der Waals surface area (Å²) >= 11 is 0. The molecule has 1 aliphatic rings. The Hall–Kier alpha value is -3.49. The largest absolute Gasteiger partial charge is 0.462 e. The molecule has 3 aromatic rings. The van der Waals surface area contributed by atoms with Crippen LogP contribution in [0, 0.1) is 18.3 Å². The molecule has 1 saturated carbocycles. The van der Waals surface area contributed by atoms with E-state index in [9.17, 15) is 18.0 Å². The van der Waals surface area contributed by atoms with E-state index in [-0.39, 0.29) is 30.6 Å². The Morgan fingerprint density at radius 3 is 1.91 bits per heavy atom. The molecule has 0 aliphatic heterocycles. The van der Waals surface area contributed by atoms with Crippen molar-refractivity contribution in [2.24, 2.45) is 11.3 Å². The molecule has 0 radical (unpaired) electrons. The number of carbonyl (C=O) groups is 2. The summed E-state index contributed by atoms with van der Waals surface area (Å²) in [5, 5.41) is 0. The second kappa shape index (κ2) is 10.4. The van der Waals surface area contributed by atoms with Gasteiger partial charge < -0.3 is 9.47 Å². The highest BCUT2D eigenvalue weighted by molar-refractivity contribution is 7.86. The maximum atomic E-state index is 12.7. The molecule has 0 unspecified atom stereocenters. The summed E-state index contributed by atoms with van der Waals surface area (Å²) < 4.78 is 41.8. The standard InChI is InChI=1S/C27H26O7S/c1-20-12-14-24(15-13-20)35(30,31)34-19-27(18-33-26(29)22-10-6-3-7-11-22)16-23(27)17-32-25(28)21-8-4-2-5-9-21/h2-15,23H,16-19H2,1H3/t23-,27-/m0/s1. The smallest absolute Gasteiger partial charge is 0.338 e. The summed E-state index contributed by atoms with van der Waals surface area (Å²) in [6, 6.07) is 23.5.